The largest absolute Gasteiger partial charge is 0.497 e. The van der Waals surface area contributed by atoms with Gasteiger partial charge in [-0.2, -0.15) is 16.6 Å². The molecule has 108 valence electrons. The summed E-state index contributed by atoms with van der Waals surface area (Å²) >= 11 is 2.91. The SMILES string of the molecule is COc1cccc(SCC(=O)NC(C#N)c2ccsc2)c1. The fourth-order valence-electron chi connectivity index (χ4n) is 1.67. The molecule has 4 nitrogen and oxygen atoms in total. The van der Waals surface area contributed by atoms with Crippen molar-refractivity contribution in [3.05, 3.63) is 46.7 Å². The first-order chi connectivity index (χ1) is 10.2. The van der Waals surface area contributed by atoms with E-state index >= 15 is 0 Å². The molecule has 0 radical (unpaired) electrons. The predicted octanol–water partition coefficient (Wildman–Crippen LogP) is 3.23. The molecule has 1 heterocycles. The van der Waals surface area contributed by atoms with E-state index < -0.39 is 6.04 Å². The Morgan fingerprint density at radius 1 is 1.52 bits per heavy atom. The second kappa shape index (κ2) is 7.72. The monoisotopic (exact) mass is 318 g/mol. The van der Waals surface area contributed by atoms with Crippen LogP contribution in [-0.2, 0) is 4.79 Å². The summed E-state index contributed by atoms with van der Waals surface area (Å²) in [4.78, 5) is 12.9. The van der Waals surface area contributed by atoms with Crippen molar-refractivity contribution < 1.29 is 9.53 Å². The number of thioether (sulfide) groups is 1. The Kier molecular flexibility index (Phi) is 5.67. The van der Waals surface area contributed by atoms with Gasteiger partial charge in [0, 0.05) is 4.90 Å². The number of hydrogen-bond acceptors (Lipinski definition) is 5. The molecule has 0 saturated carbocycles. The Morgan fingerprint density at radius 3 is 3.05 bits per heavy atom. The molecular formula is C15H14N2O2S2. The minimum atomic E-state index is -0.588. The topological polar surface area (TPSA) is 62.1 Å². The average Bonchev–Trinajstić information content (AvgIpc) is 3.05. The van der Waals surface area contributed by atoms with E-state index in [1.165, 1.54) is 23.1 Å². The third-order valence-corrected chi connectivity index (χ3v) is 4.42. The van der Waals surface area contributed by atoms with Crippen molar-refractivity contribution in [2.75, 3.05) is 12.9 Å². The van der Waals surface area contributed by atoms with Crippen LogP contribution in [0.5, 0.6) is 5.75 Å². The van der Waals surface area contributed by atoms with E-state index in [1.807, 2.05) is 41.1 Å². The summed E-state index contributed by atoms with van der Waals surface area (Å²) in [5.74, 6) is 0.851. The molecule has 0 fully saturated rings. The number of carbonyl (C=O) groups is 1. The highest BCUT2D eigenvalue weighted by molar-refractivity contribution is 8.00. The minimum absolute atomic E-state index is 0.166. The van der Waals surface area contributed by atoms with Crippen LogP contribution in [0.15, 0.2) is 46.0 Å². The maximum absolute atomic E-state index is 11.9. The zero-order valence-corrected chi connectivity index (χ0v) is 13.0. The molecule has 0 spiro atoms. The minimum Gasteiger partial charge on any atom is -0.497 e. The van der Waals surface area contributed by atoms with Gasteiger partial charge in [0.2, 0.25) is 5.91 Å². The molecule has 0 aliphatic heterocycles. The summed E-state index contributed by atoms with van der Waals surface area (Å²) in [6.45, 7) is 0. The van der Waals surface area contributed by atoms with Crippen LogP contribution in [0.2, 0.25) is 0 Å². The highest BCUT2D eigenvalue weighted by atomic mass is 32.2. The number of benzene rings is 1. The molecule has 1 amide bonds. The molecule has 1 aromatic carbocycles. The summed E-state index contributed by atoms with van der Waals surface area (Å²) < 4.78 is 5.14. The number of nitriles is 1. The van der Waals surface area contributed by atoms with Gasteiger partial charge >= 0.3 is 0 Å². The number of methoxy groups -OCH3 is 1. The summed E-state index contributed by atoms with van der Waals surface area (Å²) in [7, 11) is 1.61. The highest BCUT2D eigenvalue weighted by Crippen LogP contribution is 2.23. The first kappa shape index (κ1) is 15.4. The van der Waals surface area contributed by atoms with Crippen LogP contribution < -0.4 is 10.1 Å². The van der Waals surface area contributed by atoms with Gasteiger partial charge in [-0.3, -0.25) is 4.79 Å². The molecule has 1 unspecified atom stereocenters. The fourth-order valence-corrected chi connectivity index (χ4v) is 3.11. The quantitative estimate of drug-likeness (QED) is 0.831. The van der Waals surface area contributed by atoms with Crippen molar-refractivity contribution in [1.29, 1.82) is 5.26 Å². The number of rotatable bonds is 6. The maximum Gasteiger partial charge on any atom is 0.231 e. The molecule has 1 aromatic heterocycles. The van der Waals surface area contributed by atoms with Crippen LogP contribution in [0, 0.1) is 11.3 Å². The van der Waals surface area contributed by atoms with Crippen molar-refractivity contribution in [1.82, 2.24) is 5.32 Å². The van der Waals surface area contributed by atoms with E-state index in [9.17, 15) is 4.79 Å². The van der Waals surface area contributed by atoms with Crippen molar-refractivity contribution in [2.24, 2.45) is 0 Å². The Bertz CT molecular complexity index is 635. The summed E-state index contributed by atoms with van der Waals surface area (Å²) in [6, 6.07) is 10.9. The van der Waals surface area contributed by atoms with Crippen LogP contribution >= 0.6 is 23.1 Å². The Balaban J connectivity index is 1.88. The molecule has 0 saturated heterocycles. The van der Waals surface area contributed by atoms with Gasteiger partial charge < -0.3 is 10.1 Å². The number of amides is 1. The van der Waals surface area contributed by atoms with Crippen LogP contribution in [0.4, 0.5) is 0 Å². The highest BCUT2D eigenvalue weighted by Gasteiger charge is 2.14. The van der Waals surface area contributed by atoms with Crippen molar-refractivity contribution in [3.8, 4) is 11.8 Å². The van der Waals surface area contributed by atoms with E-state index in [2.05, 4.69) is 11.4 Å². The van der Waals surface area contributed by atoms with Crippen molar-refractivity contribution in [3.63, 3.8) is 0 Å². The lowest BCUT2D eigenvalue weighted by Crippen LogP contribution is -2.28. The normalized spacial score (nSPS) is 11.4. The number of nitrogens with one attached hydrogen (secondary N) is 1. The molecule has 21 heavy (non-hydrogen) atoms. The molecule has 1 N–H and O–H groups in total. The lowest BCUT2D eigenvalue weighted by Gasteiger charge is -2.10. The molecule has 1 atom stereocenters. The zero-order chi connectivity index (χ0) is 15.1. The average molecular weight is 318 g/mol. The second-order valence-corrected chi connectivity index (χ2v) is 5.98. The summed E-state index contributed by atoms with van der Waals surface area (Å²) in [6.07, 6.45) is 0. The van der Waals surface area contributed by atoms with Gasteiger partial charge in [-0.1, -0.05) is 6.07 Å². The number of hydrogen-bond donors (Lipinski definition) is 1. The Hall–Kier alpha value is -1.97. The molecule has 2 rings (SSSR count). The van der Waals surface area contributed by atoms with E-state index in [4.69, 9.17) is 10.00 Å². The van der Waals surface area contributed by atoms with Crippen molar-refractivity contribution >= 4 is 29.0 Å². The van der Waals surface area contributed by atoms with Crippen LogP contribution in [0.3, 0.4) is 0 Å². The lowest BCUT2D eigenvalue weighted by molar-refractivity contribution is -0.118. The van der Waals surface area contributed by atoms with Crippen molar-refractivity contribution in [2.45, 2.75) is 10.9 Å². The Labute approximate surface area is 131 Å². The summed E-state index contributed by atoms with van der Waals surface area (Å²) in [5, 5.41) is 15.6. The van der Waals surface area contributed by atoms with Crippen LogP contribution in [0.1, 0.15) is 11.6 Å². The number of ether oxygens (including phenoxy) is 1. The van der Waals surface area contributed by atoms with Gasteiger partial charge in [0.1, 0.15) is 11.8 Å². The fraction of sp³-hybridized carbons (Fsp3) is 0.200. The molecule has 0 bridgehead atoms. The number of thiophene rings is 1. The molecule has 2 aromatic rings. The number of carbonyl (C=O) groups excluding carboxylic acids is 1. The van der Waals surface area contributed by atoms with Gasteiger partial charge in [-0.05, 0) is 40.6 Å². The first-order valence-corrected chi connectivity index (χ1v) is 8.13. The smallest absolute Gasteiger partial charge is 0.231 e. The van der Waals surface area contributed by atoms with Gasteiger partial charge in [0.15, 0.2) is 0 Å². The summed E-state index contributed by atoms with van der Waals surface area (Å²) in [5.41, 5.74) is 0.822. The molecule has 0 aliphatic carbocycles. The molecular weight excluding hydrogens is 304 g/mol. The molecule has 0 aliphatic rings. The van der Waals surface area contributed by atoms with Gasteiger partial charge in [-0.25, -0.2) is 0 Å². The van der Waals surface area contributed by atoms with Gasteiger partial charge in [-0.15, -0.1) is 11.8 Å². The van der Waals surface area contributed by atoms with Gasteiger partial charge in [0.25, 0.3) is 0 Å². The second-order valence-electron chi connectivity index (χ2n) is 4.15. The third kappa shape index (κ3) is 4.52. The third-order valence-electron chi connectivity index (χ3n) is 2.72. The van der Waals surface area contributed by atoms with E-state index in [1.54, 1.807) is 7.11 Å². The van der Waals surface area contributed by atoms with E-state index in [0.717, 1.165) is 16.2 Å². The van der Waals surface area contributed by atoms with E-state index in [0.29, 0.717) is 0 Å². The Morgan fingerprint density at radius 2 is 2.38 bits per heavy atom. The lowest BCUT2D eigenvalue weighted by atomic mass is 10.2. The van der Waals surface area contributed by atoms with E-state index in [-0.39, 0.29) is 11.7 Å². The zero-order valence-electron chi connectivity index (χ0n) is 11.4. The van der Waals surface area contributed by atoms with Crippen LogP contribution in [0.25, 0.3) is 0 Å². The van der Waals surface area contributed by atoms with Gasteiger partial charge in [0.05, 0.1) is 18.9 Å². The maximum atomic E-state index is 11.9. The first-order valence-electron chi connectivity index (χ1n) is 6.21. The standard InChI is InChI=1S/C15H14N2O2S2/c1-19-12-3-2-4-13(7-12)21-10-15(18)17-14(8-16)11-5-6-20-9-11/h2-7,9,14H,10H2,1H3,(H,17,18). The molecule has 6 heteroatoms. The van der Waals surface area contributed by atoms with Crippen LogP contribution in [-0.4, -0.2) is 18.8 Å². The number of nitrogens with zero attached hydrogens (tertiary/aromatic N) is 1. The predicted molar refractivity (Wildman–Crippen MR) is 84.5 cm³/mol.